The molecule has 6 heteroatoms. The van der Waals surface area contributed by atoms with Crippen molar-refractivity contribution >= 4 is 15.7 Å². The third-order valence-electron chi connectivity index (χ3n) is 2.92. The minimum Gasteiger partial charge on any atom is -0.399 e. The van der Waals surface area contributed by atoms with Crippen LogP contribution in [-0.4, -0.2) is 37.0 Å². The summed E-state index contributed by atoms with van der Waals surface area (Å²) in [6.45, 7) is 0.719. The van der Waals surface area contributed by atoms with Gasteiger partial charge in [-0.1, -0.05) is 6.07 Å². The molecule has 3 N–H and O–H groups in total. The van der Waals surface area contributed by atoms with Gasteiger partial charge in [-0.05, 0) is 31.0 Å². The first-order valence-electron chi connectivity index (χ1n) is 5.54. The SMILES string of the molecule is Nc1cccc(S(=O)(=O)N2CCC(O)CC2)c1. The highest BCUT2D eigenvalue weighted by molar-refractivity contribution is 7.89. The van der Waals surface area contributed by atoms with Crippen LogP contribution in [0.3, 0.4) is 0 Å². The molecule has 1 aromatic rings. The molecule has 0 amide bonds. The van der Waals surface area contributed by atoms with Crippen LogP contribution in [0, 0.1) is 0 Å². The Balaban J connectivity index is 2.25. The lowest BCUT2D eigenvalue weighted by molar-refractivity contribution is 0.113. The van der Waals surface area contributed by atoms with Crippen molar-refractivity contribution in [3.63, 3.8) is 0 Å². The highest BCUT2D eigenvalue weighted by atomic mass is 32.2. The molecule has 1 aromatic carbocycles. The topological polar surface area (TPSA) is 83.6 Å². The lowest BCUT2D eigenvalue weighted by Crippen LogP contribution is -2.39. The van der Waals surface area contributed by atoms with E-state index in [4.69, 9.17) is 5.73 Å². The van der Waals surface area contributed by atoms with Crippen molar-refractivity contribution < 1.29 is 13.5 Å². The summed E-state index contributed by atoms with van der Waals surface area (Å²) < 4.78 is 25.9. The van der Waals surface area contributed by atoms with Crippen molar-refractivity contribution in [1.82, 2.24) is 4.31 Å². The maximum Gasteiger partial charge on any atom is 0.243 e. The molecule has 0 spiro atoms. The van der Waals surface area contributed by atoms with Crippen LogP contribution in [0.5, 0.6) is 0 Å². The number of nitrogens with two attached hydrogens (primary N) is 1. The zero-order valence-electron chi connectivity index (χ0n) is 9.41. The van der Waals surface area contributed by atoms with E-state index in [9.17, 15) is 13.5 Å². The Morgan fingerprint density at radius 2 is 1.94 bits per heavy atom. The molecule has 0 bridgehead atoms. The number of aliphatic hydroxyl groups excluding tert-OH is 1. The molecule has 1 aliphatic heterocycles. The van der Waals surface area contributed by atoms with Crippen molar-refractivity contribution in [2.45, 2.75) is 23.8 Å². The van der Waals surface area contributed by atoms with Crippen LogP contribution in [0.2, 0.25) is 0 Å². The monoisotopic (exact) mass is 256 g/mol. The largest absolute Gasteiger partial charge is 0.399 e. The summed E-state index contributed by atoms with van der Waals surface area (Å²) >= 11 is 0. The van der Waals surface area contributed by atoms with Gasteiger partial charge in [0.1, 0.15) is 0 Å². The third kappa shape index (κ3) is 2.59. The molecule has 5 nitrogen and oxygen atoms in total. The van der Waals surface area contributed by atoms with Crippen molar-refractivity contribution in [2.24, 2.45) is 0 Å². The molecule has 0 aromatic heterocycles. The van der Waals surface area contributed by atoms with Gasteiger partial charge >= 0.3 is 0 Å². The number of anilines is 1. The minimum absolute atomic E-state index is 0.217. The van der Waals surface area contributed by atoms with Gasteiger partial charge in [-0.25, -0.2) is 8.42 Å². The fourth-order valence-electron chi connectivity index (χ4n) is 1.91. The predicted molar refractivity (Wildman–Crippen MR) is 64.9 cm³/mol. The molecule has 1 saturated heterocycles. The van der Waals surface area contributed by atoms with Crippen LogP contribution >= 0.6 is 0 Å². The summed E-state index contributed by atoms with van der Waals surface area (Å²) in [6.07, 6.45) is 0.589. The van der Waals surface area contributed by atoms with Gasteiger partial charge in [0, 0.05) is 18.8 Å². The maximum atomic E-state index is 12.2. The lowest BCUT2D eigenvalue weighted by Gasteiger charge is -2.28. The number of aliphatic hydroxyl groups is 1. The van der Waals surface area contributed by atoms with Gasteiger partial charge in [0.25, 0.3) is 0 Å². The van der Waals surface area contributed by atoms with E-state index >= 15 is 0 Å². The molecule has 1 aliphatic rings. The molecular formula is C11H16N2O3S. The Morgan fingerprint density at radius 3 is 2.53 bits per heavy atom. The summed E-state index contributed by atoms with van der Waals surface area (Å²) in [4.78, 5) is 0.217. The van der Waals surface area contributed by atoms with E-state index in [1.54, 1.807) is 12.1 Å². The lowest BCUT2D eigenvalue weighted by atomic mass is 10.1. The zero-order valence-corrected chi connectivity index (χ0v) is 10.2. The average Bonchev–Trinajstić information content (AvgIpc) is 2.29. The van der Waals surface area contributed by atoms with Crippen molar-refractivity contribution in [3.8, 4) is 0 Å². The second-order valence-corrected chi connectivity index (χ2v) is 6.15. The standard InChI is InChI=1S/C11H16N2O3S/c12-9-2-1-3-11(8-9)17(15,16)13-6-4-10(14)5-7-13/h1-3,8,10,14H,4-7,12H2. The van der Waals surface area contributed by atoms with Gasteiger partial charge in [-0.3, -0.25) is 0 Å². The van der Waals surface area contributed by atoms with E-state index in [0.717, 1.165) is 0 Å². The second-order valence-electron chi connectivity index (χ2n) is 4.21. The second kappa shape index (κ2) is 4.64. The van der Waals surface area contributed by atoms with Crippen LogP contribution in [0.1, 0.15) is 12.8 Å². The smallest absolute Gasteiger partial charge is 0.243 e. The van der Waals surface area contributed by atoms with Crippen molar-refractivity contribution in [1.29, 1.82) is 0 Å². The normalized spacial score (nSPS) is 19.4. The van der Waals surface area contributed by atoms with Gasteiger partial charge in [-0.2, -0.15) is 4.31 Å². The molecule has 1 fully saturated rings. The molecule has 1 heterocycles. The predicted octanol–water partition coefficient (Wildman–Crippen LogP) is 0.414. The summed E-state index contributed by atoms with van der Waals surface area (Å²) in [5, 5.41) is 9.37. The molecule has 0 atom stereocenters. The van der Waals surface area contributed by atoms with E-state index in [0.29, 0.717) is 31.6 Å². The minimum atomic E-state index is -3.47. The van der Waals surface area contributed by atoms with E-state index < -0.39 is 10.0 Å². The van der Waals surface area contributed by atoms with Gasteiger partial charge in [0.2, 0.25) is 10.0 Å². The number of rotatable bonds is 2. The highest BCUT2D eigenvalue weighted by Crippen LogP contribution is 2.21. The summed E-state index contributed by atoms with van der Waals surface area (Å²) in [5.74, 6) is 0. The third-order valence-corrected chi connectivity index (χ3v) is 4.81. The van der Waals surface area contributed by atoms with Crippen molar-refractivity contribution in [3.05, 3.63) is 24.3 Å². The van der Waals surface area contributed by atoms with Crippen LogP contribution in [0.4, 0.5) is 5.69 Å². The van der Waals surface area contributed by atoms with Gasteiger partial charge < -0.3 is 10.8 Å². The molecule has 0 aliphatic carbocycles. The molecule has 0 saturated carbocycles. The molecular weight excluding hydrogens is 240 g/mol. The van der Waals surface area contributed by atoms with Gasteiger partial charge in [0.05, 0.1) is 11.0 Å². The van der Waals surface area contributed by atoms with Gasteiger partial charge in [0.15, 0.2) is 0 Å². The van der Waals surface area contributed by atoms with Gasteiger partial charge in [-0.15, -0.1) is 0 Å². The van der Waals surface area contributed by atoms with Crippen LogP contribution in [0.15, 0.2) is 29.2 Å². The molecule has 0 unspecified atom stereocenters. The Bertz CT molecular complexity index is 493. The van der Waals surface area contributed by atoms with E-state index in [1.807, 2.05) is 0 Å². The van der Waals surface area contributed by atoms with E-state index in [-0.39, 0.29) is 11.0 Å². The first-order chi connectivity index (χ1) is 8.00. The molecule has 0 radical (unpaired) electrons. The zero-order chi connectivity index (χ0) is 12.5. The van der Waals surface area contributed by atoms with Crippen LogP contribution in [0.25, 0.3) is 0 Å². The Hall–Kier alpha value is -1.11. The number of sulfonamides is 1. The number of piperidine rings is 1. The Labute approximate surface area is 101 Å². The number of nitrogen functional groups attached to an aromatic ring is 1. The summed E-state index contributed by atoms with van der Waals surface area (Å²) in [6, 6.07) is 6.27. The molecule has 17 heavy (non-hydrogen) atoms. The fraction of sp³-hybridized carbons (Fsp3) is 0.455. The Kier molecular flexibility index (Phi) is 3.37. The number of nitrogens with zero attached hydrogens (tertiary/aromatic N) is 1. The quantitative estimate of drug-likeness (QED) is 0.751. The first kappa shape index (κ1) is 12.3. The van der Waals surface area contributed by atoms with Crippen LogP contribution in [-0.2, 0) is 10.0 Å². The Morgan fingerprint density at radius 1 is 1.29 bits per heavy atom. The van der Waals surface area contributed by atoms with Crippen LogP contribution < -0.4 is 5.73 Å². The number of hydrogen-bond donors (Lipinski definition) is 2. The number of benzene rings is 1. The van der Waals surface area contributed by atoms with Crippen molar-refractivity contribution in [2.75, 3.05) is 18.8 Å². The number of hydrogen-bond acceptors (Lipinski definition) is 4. The molecule has 94 valence electrons. The van der Waals surface area contributed by atoms with E-state index in [2.05, 4.69) is 0 Å². The average molecular weight is 256 g/mol. The fourth-order valence-corrected chi connectivity index (χ4v) is 3.43. The highest BCUT2D eigenvalue weighted by Gasteiger charge is 2.28. The molecule has 2 rings (SSSR count). The maximum absolute atomic E-state index is 12.2. The van der Waals surface area contributed by atoms with E-state index in [1.165, 1.54) is 16.4 Å². The first-order valence-corrected chi connectivity index (χ1v) is 6.98. The summed E-state index contributed by atoms with van der Waals surface area (Å²) in [7, 11) is -3.47. The summed E-state index contributed by atoms with van der Waals surface area (Å²) in [5.41, 5.74) is 6.02.